The van der Waals surface area contributed by atoms with Crippen LogP contribution in [0.5, 0.6) is 0 Å². The number of anilines is 1. The SMILES string of the molecule is c1ccc(-c2ccc3ncc(N4CCOCC4)nc3c2)cc1. The van der Waals surface area contributed by atoms with E-state index < -0.39 is 0 Å². The largest absolute Gasteiger partial charge is 0.378 e. The van der Waals surface area contributed by atoms with E-state index in [1.807, 2.05) is 18.3 Å². The summed E-state index contributed by atoms with van der Waals surface area (Å²) in [6.07, 6.45) is 1.86. The monoisotopic (exact) mass is 291 g/mol. The first-order chi connectivity index (χ1) is 10.9. The highest BCUT2D eigenvalue weighted by atomic mass is 16.5. The molecule has 22 heavy (non-hydrogen) atoms. The van der Waals surface area contributed by atoms with Gasteiger partial charge in [0, 0.05) is 13.1 Å². The second-order valence-corrected chi connectivity index (χ2v) is 5.40. The van der Waals surface area contributed by atoms with E-state index in [0.29, 0.717) is 0 Å². The van der Waals surface area contributed by atoms with E-state index in [1.54, 1.807) is 0 Å². The van der Waals surface area contributed by atoms with Gasteiger partial charge in [-0.2, -0.15) is 0 Å². The second kappa shape index (κ2) is 5.73. The molecule has 1 saturated heterocycles. The molecule has 0 unspecified atom stereocenters. The van der Waals surface area contributed by atoms with Crippen LogP contribution in [0.2, 0.25) is 0 Å². The molecule has 4 rings (SSSR count). The minimum Gasteiger partial charge on any atom is -0.378 e. The van der Waals surface area contributed by atoms with Gasteiger partial charge in [0.15, 0.2) is 0 Å². The van der Waals surface area contributed by atoms with E-state index in [4.69, 9.17) is 9.72 Å². The maximum atomic E-state index is 5.40. The van der Waals surface area contributed by atoms with Crippen molar-refractivity contribution in [3.05, 3.63) is 54.7 Å². The molecule has 2 aromatic carbocycles. The van der Waals surface area contributed by atoms with Gasteiger partial charge in [0.25, 0.3) is 0 Å². The highest BCUT2D eigenvalue weighted by molar-refractivity contribution is 5.82. The summed E-state index contributed by atoms with van der Waals surface area (Å²) in [4.78, 5) is 11.6. The van der Waals surface area contributed by atoms with Gasteiger partial charge < -0.3 is 9.64 Å². The summed E-state index contributed by atoms with van der Waals surface area (Å²) in [5.74, 6) is 0.931. The fourth-order valence-corrected chi connectivity index (χ4v) is 2.76. The lowest BCUT2D eigenvalue weighted by Crippen LogP contribution is -2.36. The lowest BCUT2D eigenvalue weighted by atomic mass is 10.1. The van der Waals surface area contributed by atoms with Crippen LogP contribution in [-0.2, 0) is 4.74 Å². The Labute approximate surface area is 129 Å². The van der Waals surface area contributed by atoms with Gasteiger partial charge in [0.05, 0.1) is 30.4 Å². The van der Waals surface area contributed by atoms with Gasteiger partial charge >= 0.3 is 0 Å². The first kappa shape index (κ1) is 13.2. The van der Waals surface area contributed by atoms with E-state index in [9.17, 15) is 0 Å². The molecule has 110 valence electrons. The van der Waals surface area contributed by atoms with E-state index in [-0.39, 0.29) is 0 Å². The van der Waals surface area contributed by atoms with Gasteiger partial charge in [-0.1, -0.05) is 36.4 Å². The molecule has 0 bridgehead atoms. The molecule has 1 aliphatic heterocycles. The van der Waals surface area contributed by atoms with Crippen LogP contribution in [0.15, 0.2) is 54.7 Å². The number of hydrogen-bond acceptors (Lipinski definition) is 4. The molecule has 0 saturated carbocycles. The number of fused-ring (bicyclic) bond motifs is 1. The Morgan fingerprint density at radius 1 is 0.864 bits per heavy atom. The van der Waals surface area contributed by atoms with Crippen molar-refractivity contribution in [2.75, 3.05) is 31.2 Å². The molecule has 4 nitrogen and oxygen atoms in total. The summed E-state index contributed by atoms with van der Waals surface area (Å²) in [5, 5.41) is 0. The zero-order valence-corrected chi connectivity index (χ0v) is 12.3. The van der Waals surface area contributed by atoms with Gasteiger partial charge in [-0.15, -0.1) is 0 Å². The third kappa shape index (κ3) is 2.53. The summed E-state index contributed by atoms with van der Waals surface area (Å²) in [7, 11) is 0. The van der Waals surface area contributed by atoms with Crippen molar-refractivity contribution in [3.63, 3.8) is 0 Å². The van der Waals surface area contributed by atoms with Crippen molar-refractivity contribution in [2.24, 2.45) is 0 Å². The summed E-state index contributed by atoms with van der Waals surface area (Å²) < 4.78 is 5.40. The summed E-state index contributed by atoms with van der Waals surface area (Å²) in [6.45, 7) is 3.25. The zero-order valence-electron chi connectivity index (χ0n) is 12.3. The molecule has 3 aromatic rings. The van der Waals surface area contributed by atoms with Crippen molar-refractivity contribution in [2.45, 2.75) is 0 Å². The Bertz CT molecular complexity index is 783. The number of ether oxygens (including phenoxy) is 1. The highest BCUT2D eigenvalue weighted by Crippen LogP contribution is 2.24. The molecule has 1 fully saturated rings. The molecule has 0 aliphatic carbocycles. The maximum Gasteiger partial charge on any atom is 0.148 e. The number of hydrogen-bond donors (Lipinski definition) is 0. The standard InChI is InChI=1S/C18H17N3O/c1-2-4-14(5-3-1)15-6-7-16-17(12-15)20-18(13-19-16)21-8-10-22-11-9-21/h1-7,12-13H,8-11H2. The van der Waals surface area contributed by atoms with Gasteiger partial charge in [-0.05, 0) is 23.3 Å². The van der Waals surface area contributed by atoms with Crippen LogP contribution in [0.3, 0.4) is 0 Å². The number of aromatic nitrogens is 2. The quantitative estimate of drug-likeness (QED) is 0.727. The van der Waals surface area contributed by atoms with E-state index in [2.05, 4.69) is 46.3 Å². The number of rotatable bonds is 2. The van der Waals surface area contributed by atoms with Crippen molar-refractivity contribution in [1.29, 1.82) is 0 Å². The molecule has 1 aliphatic rings. The number of benzene rings is 2. The molecular weight excluding hydrogens is 274 g/mol. The van der Waals surface area contributed by atoms with Gasteiger partial charge in [-0.3, -0.25) is 4.98 Å². The minimum absolute atomic E-state index is 0.754. The second-order valence-electron chi connectivity index (χ2n) is 5.40. The lowest BCUT2D eigenvalue weighted by Gasteiger charge is -2.27. The van der Waals surface area contributed by atoms with Crippen LogP contribution in [0.4, 0.5) is 5.82 Å². The maximum absolute atomic E-state index is 5.40. The van der Waals surface area contributed by atoms with Crippen LogP contribution >= 0.6 is 0 Å². The molecular formula is C18H17N3O. The minimum atomic E-state index is 0.754. The third-order valence-electron chi connectivity index (χ3n) is 3.97. The van der Waals surface area contributed by atoms with Crippen LogP contribution < -0.4 is 4.90 Å². The first-order valence-electron chi connectivity index (χ1n) is 7.55. The summed E-state index contributed by atoms with van der Waals surface area (Å²) in [6, 6.07) is 16.6. The Hall–Kier alpha value is -2.46. The number of nitrogens with zero attached hydrogens (tertiary/aromatic N) is 3. The lowest BCUT2D eigenvalue weighted by molar-refractivity contribution is 0.122. The van der Waals surface area contributed by atoms with Gasteiger partial charge in [-0.25, -0.2) is 4.98 Å². The molecule has 2 heterocycles. The van der Waals surface area contributed by atoms with E-state index in [0.717, 1.165) is 43.2 Å². The molecule has 0 atom stereocenters. The number of morpholine rings is 1. The Morgan fingerprint density at radius 2 is 1.68 bits per heavy atom. The fraction of sp³-hybridized carbons (Fsp3) is 0.222. The zero-order chi connectivity index (χ0) is 14.8. The van der Waals surface area contributed by atoms with E-state index in [1.165, 1.54) is 11.1 Å². The molecule has 0 spiro atoms. The highest BCUT2D eigenvalue weighted by Gasteiger charge is 2.13. The average Bonchev–Trinajstić information content (AvgIpc) is 2.62. The molecule has 0 N–H and O–H groups in total. The fourth-order valence-electron chi connectivity index (χ4n) is 2.76. The van der Waals surface area contributed by atoms with Crippen LogP contribution in [0.1, 0.15) is 0 Å². The Morgan fingerprint density at radius 3 is 2.50 bits per heavy atom. The molecule has 0 amide bonds. The third-order valence-corrected chi connectivity index (χ3v) is 3.97. The van der Waals surface area contributed by atoms with E-state index >= 15 is 0 Å². The van der Waals surface area contributed by atoms with Crippen LogP contribution in [0.25, 0.3) is 22.2 Å². The molecule has 1 aromatic heterocycles. The Kier molecular flexibility index (Phi) is 3.45. The summed E-state index contributed by atoms with van der Waals surface area (Å²) >= 11 is 0. The normalized spacial score (nSPS) is 15.2. The topological polar surface area (TPSA) is 38.2 Å². The summed E-state index contributed by atoms with van der Waals surface area (Å²) in [5.41, 5.74) is 4.23. The van der Waals surface area contributed by atoms with Crippen LogP contribution in [0, 0.1) is 0 Å². The predicted molar refractivity (Wildman–Crippen MR) is 88.0 cm³/mol. The molecule has 0 radical (unpaired) electrons. The smallest absolute Gasteiger partial charge is 0.148 e. The average molecular weight is 291 g/mol. The first-order valence-corrected chi connectivity index (χ1v) is 7.55. The van der Waals surface area contributed by atoms with Crippen molar-refractivity contribution < 1.29 is 4.74 Å². The van der Waals surface area contributed by atoms with Gasteiger partial charge in [0.1, 0.15) is 5.82 Å². The van der Waals surface area contributed by atoms with Crippen molar-refractivity contribution in [3.8, 4) is 11.1 Å². The predicted octanol–water partition coefficient (Wildman–Crippen LogP) is 3.13. The van der Waals surface area contributed by atoms with Crippen LogP contribution in [-0.4, -0.2) is 36.3 Å². The Balaban J connectivity index is 1.74. The van der Waals surface area contributed by atoms with Gasteiger partial charge in [0.2, 0.25) is 0 Å². The molecule has 4 heteroatoms. The van der Waals surface area contributed by atoms with Crippen molar-refractivity contribution >= 4 is 16.9 Å². The van der Waals surface area contributed by atoms with Crippen molar-refractivity contribution in [1.82, 2.24) is 9.97 Å².